The van der Waals surface area contributed by atoms with Gasteiger partial charge in [-0.1, -0.05) is 19.0 Å². The first-order chi connectivity index (χ1) is 5.76. The van der Waals surface area contributed by atoms with Gasteiger partial charge < -0.3 is 4.90 Å². The van der Waals surface area contributed by atoms with Crippen LogP contribution in [0.5, 0.6) is 0 Å². The second-order valence-corrected chi connectivity index (χ2v) is 2.91. The van der Waals surface area contributed by atoms with Crippen molar-refractivity contribution in [3.8, 4) is 0 Å². The zero-order valence-electron chi connectivity index (χ0n) is 8.19. The lowest BCUT2D eigenvalue weighted by molar-refractivity contribution is 0.236. The van der Waals surface area contributed by atoms with E-state index >= 15 is 0 Å². The molecular formula is C8H18N4. The maximum atomic E-state index is 8.07. The molecule has 0 saturated heterocycles. The van der Waals surface area contributed by atoms with Crippen molar-refractivity contribution in [1.82, 2.24) is 4.90 Å². The van der Waals surface area contributed by atoms with Crippen LogP contribution in [0.2, 0.25) is 0 Å². The molecule has 0 aromatic heterocycles. The van der Waals surface area contributed by atoms with E-state index in [-0.39, 0.29) is 0 Å². The summed E-state index contributed by atoms with van der Waals surface area (Å²) in [5.74, 6) is 0. The van der Waals surface area contributed by atoms with Crippen molar-refractivity contribution in [1.29, 1.82) is 0 Å². The van der Waals surface area contributed by atoms with Crippen LogP contribution in [-0.2, 0) is 0 Å². The summed E-state index contributed by atoms with van der Waals surface area (Å²) in [7, 11) is 2.07. The van der Waals surface area contributed by atoms with Gasteiger partial charge in [0, 0.05) is 24.0 Å². The Morgan fingerprint density at radius 2 is 2.00 bits per heavy atom. The zero-order chi connectivity index (χ0) is 9.40. The molecule has 0 radical (unpaired) electrons. The van der Waals surface area contributed by atoms with Crippen LogP contribution >= 0.6 is 0 Å². The first-order valence-corrected chi connectivity index (χ1v) is 4.47. The molecule has 0 aliphatic carbocycles. The quantitative estimate of drug-likeness (QED) is 0.343. The summed E-state index contributed by atoms with van der Waals surface area (Å²) in [6.45, 7) is 5.79. The van der Waals surface area contributed by atoms with E-state index in [1.807, 2.05) is 0 Å². The minimum Gasteiger partial charge on any atom is -0.303 e. The third kappa shape index (κ3) is 4.21. The van der Waals surface area contributed by atoms with Gasteiger partial charge in [0.1, 0.15) is 0 Å². The molecule has 4 nitrogen and oxygen atoms in total. The lowest BCUT2D eigenvalue weighted by Crippen LogP contribution is -2.32. The number of hydrogen-bond acceptors (Lipinski definition) is 2. The standard InChI is InChI=1S/C8H18N4/c1-4-8(5-2)12(3)7-6-10-11-9/h8H,4-7H2,1-3H3. The number of rotatable bonds is 6. The molecule has 0 spiro atoms. The first-order valence-electron chi connectivity index (χ1n) is 4.47. The number of likely N-dealkylation sites (N-methyl/N-ethyl adjacent to an activating group) is 1. The van der Waals surface area contributed by atoms with Crippen molar-refractivity contribution >= 4 is 0 Å². The van der Waals surface area contributed by atoms with Crippen LogP contribution in [0.15, 0.2) is 5.11 Å². The molecule has 0 aromatic carbocycles. The van der Waals surface area contributed by atoms with Crippen LogP contribution in [-0.4, -0.2) is 31.1 Å². The van der Waals surface area contributed by atoms with E-state index in [0.29, 0.717) is 12.6 Å². The van der Waals surface area contributed by atoms with Gasteiger partial charge >= 0.3 is 0 Å². The monoisotopic (exact) mass is 170 g/mol. The van der Waals surface area contributed by atoms with Gasteiger partial charge in [-0.3, -0.25) is 0 Å². The van der Waals surface area contributed by atoms with Crippen LogP contribution < -0.4 is 0 Å². The summed E-state index contributed by atoms with van der Waals surface area (Å²) >= 11 is 0. The molecule has 12 heavy (non-hydrogen) atoms. The van der Waals surface area contributed by atoms with Gasteiger partial charge in [-0.25, -0.2) is 0 Å². The van der Waals surface area contributed by atoms with Crippen molar-refractivity contribution in [3.05, 3.63) is 10.4 Å². The van der Waals surface area contributed by atoms with Crippen LogP contribution in [0.4, 0.5) is 0 Å². The summed E-state index contributed by atoms with van der Waals surface area (Å²) in [5, 5.41) is 3.50. The topological polar surface area (TPSA) is 52.0 Å². The lowest BCUT2D eigenvalue weighted by Gasteiger charge is -2.25. The predicted octanol–water partition coefficient (Wildman–Crippen LogP) is 2.42. The van der Waals surface area contributed by atoms with E-state index in [9.17, 15) is 0 Å². The molecule has 0 atom stereocenters. The van der Waals surface area contributed by atoms with Gasteiger partial charge in [0.25, 0.3) is 0 Å². The highest BCUT2D eigenvalue weighted by atomic mass is 15.2. The number of nitrogens with zero attached hydrogens (tertiary/aromatic N) is 4. The lowest BCUT2D eigenvalue weighted by atomic mass is 10.1. The molecule has 0 N–H and O–H groups in total. The van der Waals surface area contributed by atoms with Crippen LogP contribution in [0.1, 0.15) is 26.7 Å². The Labute approximate surface area is 74.2 Å². The highest BCUT2D eigenvalue weighted by Gasteiger charge is 2.08. The molecular weight excluding hydrogens is 152 g/mol. The summed E-state index contributed by atoms with van der Waals surface area (Å²) in [6.07, 6.45) is 2.31. The average molecular weight is 170 g/mol. The Kier molecular flexibility index (Phi) is 6.53. The van der Waals surface area contributed by atoms with Crippen molar-refractivity contribution in [2.24, 2.45) is 5.11 Å². The summed E-state index contributed by atoms with van der Waals surface area (Å²) in [5.41, 5.74) is 8.07. The van der Waals surface area contributed by atoms with E-state index in [2.05, 4.69) is 35.8 Å². The Hall–Kier alpha value is -0.730. The van der Waals surface area contributed by atoms with Crippen molar-refractivity contribution in [2.45, 2.75) is 32.7 Å². The van der Waals surface area contributed by atoms with E-state index in [4.69, 9.17) is 5.53 Å². The molecule has 0 saturated carbocycles. The van der Waals surface area contributed by atoms with E-state index < -0.39 is 0 Å². The average Bonchev–Trinajstić information content (AvgIpc) is 2.07. The molecule has 0 aliphatic rings. The van der Waals surface area contributed by atoms with Gasteiger partial charge in [-0.05, 0) is 25.4 Å². The molecule has 0 aliphatic heterocycles. The Morgan fingerprint density at radius 1 is 1.42 bits per heavy atom. The van der Waals surface area contributed by atoms with Gasteiger partial charge in [-0.2, -0.15) is 0 Å². The second kappa shape index (κ2) is 6.95. The van der Waals surface area contributed by atoms with E-state index in [1.165, 1.54) is 0 Å². The minimum atomic E-state index is 0.573. The zero-order valence-corrected chi connectivity index (χ0v) is 8.19. The molecule has 0 heterocycles. The maximum absolute atomic E-state index is 8.07. The van der Waals surface area contributed by atoms with Crippen LogP contribution in [0, 0.1) is 0 Å². The van der Waals surface area contributed by atoms with Gasteiger partial charge in [0.2, 0.25) is 0 Å². The van der Waals surface area contributed by atoms with Crippen molar-refractivity contribution in [3.63, 3.8) is 0 Å². The van der Waals surface area contributed by atoms with Crippen LogP contribution in [0.25, 0.3) is 10.4 Å². The molecule has 0 fully saturated rings. The van der Waals surface area contributed by atoms with Crippen molar-refractivity contribution in [2.75, 3.05) is 20.1 Å². The van der Waals surface area contributed by atoms with Gasteiger partial charge in [0.05, 0.1) is 0 Å². The number of azide groups is 1. The highest BCUT2D eigenvalue weighted by molar-refractivity contribution is 4.65. The van der Waals surface area contributed by atoms with Gasteiger partial charge in [-0.15, -0.1) is 0 Å². The minimum absolute atomic E-state index is 0.573. The number of hydrogen-bond donors (Lipinski definition) is 0. The Balaban J connectivity index is 3.67. The van der Waals surface area contributed by atoms with E-state index in [1.54, 1.807) is 0 Å². The fourth-order valence-corrected chi connectivity index (χ4v) is 1.34. The third-order valence-corrected chi connectivity index (χ3v) is 2.18. The molecule has 70 valence electrons. The fraction of sp³-hybridized carbons (Fsp3) is 1.00. The molecule has 0 amide bonds. The maximum Gasteiger partial charge on any atom is 0.0385 e. The molecule has 0 unspecified atom stereocenters. The SMILES string of the molecule is CCC(CC)N(C)CCN=[N+]=[N-]. The van der Waals surface area contributed by atoms with Crippen molar-refractivity contribution < 1.29 is 0 Å². The normalized spacial score (nSPS) is 10.4. The second-order valence-electron chi connectivity index (χ2n) is 2.91. The molecule has 4 heteroatoms. The third-order valence-electron chi connectivity index (χ3n) is 2.18. The Morgan fingerprint density at radius 3 is 2.42 bits per heavy atom. The predicted molar refractivity (Wildman–Crippen MR) is 51.0 cm³/mol. The molecule has 0 aromatic rings. The van der Waals surface area contributed by atoms with Gasteiger partial charge in [0.15, 0.2) is 0 Å². The molecule has 0 rings (SSSR count). The molecule has 0 bridgehead atoms. The highest BCUT2D eigenvalue weighted by Crippen LogP contribution is 2.04. The fourth-order valence-electron chi connectivity index (χ4n) is 1.34. The summed E-state index contributed by atoms with van der Waals surface area (Å²) in [4.78, 5) is 4.96. The summed E-state index contributed by atoms with van der Waals surface area (Å²) in [6, 6.07) is 0.624. The smallest absolute Gasteiger partial charge is 0.0385 e. The largest absolute Gasteiger partial charge is 0.303 e. The Bertz CT molecular complexity index is 147. The first kappa shape index (κ1) is 11.3. The van der Waals surface area contributed by atoms with E-state index in [0.717, 1.165) is 19.4 Å². The van der Waals surface area contributed by atoms with Crippen LogP contribution in [0.3, 0.4) is 0 Å². The summed E-state index contributed by atoms with van der Waals surface area (Å²) < 4.78 is 0.